The number of likely N-dealkylation sites (N-methyl/N-ethyl adjacent to an activating group) is 1. The number of hydrogen-bond acceptors (Lipinski definition) is 6. The van der Waals surface area contributed by atoms with Crippen LogP contribution in [0.2, 0.25) is 0 Å². The summed E-state index contributed by atoms with van der Waals surface area (Å²) in [6, 6.07) is 1.73. The molecule has 17 heavy (non-hydrogen) atoms. The summed E-state index contributed by atoms with van der Waals surface area (Å²) in [6.07, 6.45) is 2.36. The van der Waals surface area contributed by atoms with E-state index < -0.39 is 0 Å². The lowest BCUT2D eigenvalue weighted by Gasteiger charge is -2.20. The van der Waals surface area contributed by atoms with Crippen molar-refractivity contribution in [3.8, 4) is 0 Å². The smallest absolute Gasteiger partial charge is 0.241 e. The van der Waals surface area contributed by atoms with Gasteiger partial charge in [0.15, 0.2) is 0 Å². The van der Waals surface area contributed by atoms with Crippen LogP contribution in [-0.4, -0.2) is 47.5 Å². The SMILES string of the molecule is CN1CCCN(c2cc(NN)ncn2)CC1=O. The van der Waals surface area contributed by atoms with Crippen LogP contribution < -0.4 is 16.2 Å². The standard InChI is InChI=1S/C10H16N6O/c1-15-3-2-4-16(6-10(15)17)9-5-8(14-11)12-7-13-9/h5,7H,2-4,6,11H2,1H3,(H,12,13,14). The van der Waals surface area contributed by atoms with Gasteiger partial charge in [-0.05, 0) is 6.42 Å². The molecule has 1 fully saturated rings. The van der Waals surface area contributed by atoms with Crippen LogP contribution in [0.15, 0.2) is 12.4 Å². The Morgan fingerprint density at radius 2 is 2.24 bits per heavy atom. The molecule has 1 aliphatic rings. The number of anilines is 2. The molecule has 0 aromatic carbocycles. The van der Waals surface area contributed by atoms with Gasteiger partial charge in [-0.25, -0.2) is 15.8 Å². The number of nitrogens with two attached hydrogens (primary N) is 1. The maximum atomic E-state index is 11.8. The molecular weight excluding hydrogens is 220 g/mol. The quantitative estimate of drug-likeness (QED) is 0.528. The summed E-state index contributed by atoms with van der Waals surface area (Å²) in [7, 11) is 1.82. The Balaban J connectivity index is 2.17. The van der Waals surface area contributed by atoms with E-state index in [4.69, 9.17) is 5.84 Å². The van der Waals surface area contributed by atoms with E-state index in [1.807, 2.05) is 11.9 Å². The third-order valence-corrected chi connectivity index (χ3v) is 2.80. The maximum Gasteiger partial charge on any atom is 0.241 e. The highest BCUT2D eigenvalue weighted by atomic mass is 16.2. The lowest BCUT2D eigenvalue weighted by molar-refractivity contribution is -0.127. The average molecular weight is 236 g/mol. The topological polar surface area (TPSA) is 87.4 Å². The lowest BCUT2D eigenvalue weighted by Crippen LogP contribution is -2.34. The van der Waals surface area contributed by atoms with Crippen molar-refractivity contribution in [1.29, 1.82) is 0 Å². The first-order chi connectivity index (χ1) is 8.20. The van der Waals surface area contributed by atoms with Crippen molar-refractivity contribution in [1.82, 2.24) is 14.9 Å². The van der Waals surface area contributed by atoms with Crippen molar-refractivity contribution < 1.29 is 4.79 Å². The highest BCUT2D eigenvalue weighted by molar-refractivity contribution is 5.81. The van der Waals surface area contributed by atoms with Gasteiger partial charge in [0.2, 0.25) is 5.91 Å². The molecule has 2 rings (SSSR count). The van der Waals surface area contributed by atoms with E-state index >= 15 is 0 Å². The number of carbonyl (C=O) groups excluding carboxylic acids is 1. The number of carbonyl (C=O) groups is 1. The minimum Gasteiger partial charge on any atom is -0.347 e. The Morgan fingerprint density at radius 3 is 3.00 bits per heavy atom. The van der Waals surface area contributed by atoms with E-state index in [1.54, 1.807) is 11.0 Å². The molecule has 2 heterocycles. The van der Waals surface area contributed by atoms with E-state index in [2.05, 4.69) is 15.4 Å². The summed E-state index contributed by atoms with van der Waals surface area (Å²) in [6.45, 7) is 1.93. The molecule has 92 valence electrons. The van der Waals surface area contributed by atoms with Crippen LogP contribution in [0.5, 0.6) is 0 Å². The van der Waals surface area contributed by atoms with Gasteiger partial charge < -0.3 is 15.2 Å². The summed E-state index contributed by atoms with van der Waals surface area (Å²) >= 11 is 0. The van der Waals surface area contributed by atoms with Gasteiger partial charge in [-0.15, -0.1) is 0 Å². The fourth-order valence-corrected chi connectivity index (χ4v) is 1.78. The van der Waals surface area contributed by atoms with Crippen LogP contribution in [-0.2, 0) is 4.79 Å². The molecule has 0 aliphatic carbocycles. The highest BCUT2D eigenvalue weighted by Gasteiger charge is 2.20. The highest BCUT2D eigenvalue weighted by Crippen LogP contribution is 2.15. The molecule has 0 unspecified atom stereocenters. The Kier molecular flexibility index (Phi) is 3.38. The molecule has 1 saturated heterocycles. The fourth-order valence-electron chi connectivity index (χ4n) is 1.78. The van der Waals surface area contributed by atoms with Gasteiger partial charge in [0.05, 0.1) is 6.54 Å². The molecule has 3 N–H and O–H groups in total. The first-order valence-electron chi connectivity index (χ1n) is 5.48. The maximum absolute atomic E-state index is 11.8. The number of nitrogens with zero attached hydrogens (tertiary/aromatic N) is 4. The Morgan fingerprint density at radius 1 is 1.41 bits per heavy atom. The van der Waals surface area contributed by atoms with Crippen molar-refractivity contribution in [3.63, 3.8) is 0 Å². The number of hydrogen-bond donors (Lipinski definition) is 2. The summed E-state index contributed by atoms with van der Waals surface area (Å²) in [5, 5.41) is 0. The van der Waals surface area contributed by atoms with E-state index in [0.29, 0.717) is 12.4 Å². The summed E-state index contributed by atoms with van der Waals surface area (Å²) < 4.78 is 0. The second kappa shape index (κ2) is 4.96. The van der Waals surface area contributed by atoms with Crippen molar-refractivity contribution >= 4 is 17.5 Å². The monoisotopic (exact) mass is 236 g/mol. The van der Waals surface area contributed by atoms with Crippen molar-refractivity contribution in [2.45, 2.75) is 6.42 Å². The van der Waals surface area contributed by atoms with Gasteiger partial charge in [0, 0.05) is 26.2 Å². The zero-order chi connectivity index (χ0) is 12.3. The number of nitrogen functional groups attached to an aromatic ring is 1. The van der Waals surface area contributed by atoms with Crippen molar-refractivity contribution in [2.24, 2.45) is 5.84 Å². The zero-order valence-corrected chi connectivity index (χ0v) is 9.76. The predicted molar refractivity (Wildman–Crippen MR) is 64.3 cm³/mol. The van der Waals surface area contributed by atoms with Gasteiger partial charge in [0.1, 0.15) is 18.0 Å². The molecule has 0 atom stereocenters. The van der Waals surface area contributed by atoms with Gasteiger partial charge in [0.25, 0.3) is 0 Å². The Labute approximate surface area is 99.6 Å². The van der Waals surface area contributed by atoms with Crippen molar-refractivity contribution in [2.75, 3.05) is 37.0 Å². The molecule has 1 amide bonds. The number of hydrazine groups is 1. The minimum absolute atomic E-state index is 0.100. The van der Waals surface area contributed by atoms with Gasteiger partial charge in [-0.2, -0.15) is 0 Å². The normalized spacial score (nSPS) is 16.9. The number of aromatic nitrogens is 2. The van der Waals surface area contributed by atoms with E-state index in [-0.39, 0.29) is 5.91 Å². The largest absolute Gasteiger partial charge is 0.347 e. The molecular formula is C10H16N6O. The Hall–Kier alpha value is -1.89. The molecule has 0 radical (unpaired) electrons. The van der Waals surface area contributed by atoms with Gasteiger partial charge in [-0.1, -0.05) is 0 Å². The van der Waals surface area contributed by atoms with Gasteiger partial charge >= 0.3 is 0 Å². The second-order valence-corrected chi connectivity index (χ2v) is 4.00. The van der Waals surface area contributed by atoms with E-state index in [9.17, 15) is 4.79 Å². The molecule has 7 heteroatoms. The number of rotatable bonds is 2. The summed E-state index contributed by atoms with van der Waals surface area (Å²) in [4.78, 5) is 23.5. The third-order valence-electron chi connectivity index (χ3n) is 2.80. The lowest BCUT2D eigenvalue weighted by atomic mass is 10.4. The molecule has 0 bridgehead atoms. The fraction of sp³-hybridized carbons (Fsp3) is 0.500. The number of amides is 1. The van der Waals surface area contributed by atoms with Crippen LogP contribution >= 0.6 is 0 Å². The number of nitrogens with one attached hydrogen (secondary N) is 1. The van der Waals surface area contributed by atoms with Gasteiger partial charge in [-0.3, -0.25) is 4.79 Å². The first kappa shape index (κ1) is 11.6. The summed E-state index contributed by atoms with van der Waals surface area (Å²) in [5.41, 5.74) is 2.47. The third kappa shape index (κ3) is 2.62. The average Bonchev–Trinajstić information content (AvgIpc) is 2.52. The minimum atomic E-state index is 0.100. The molecule has 1 aromatic rings. The first-order valence-corrected chi connectivity index (χ1v) is 5.48. The van der Waals surface area contributed by atoms with Crippen molar-refractivity contribution in [3.05, 3.63) is 12.4 Å². The van der Waals surface area contributed by atoms with Crippen LogP contribution in [0, 0.1) is 0 Å². The van der Waals surface area contributed by atoms with E-state index in [0.717, 1.165) is 25.3 Å². The van der Waals surface area contributed by atoms with Crippen LogP contribution in [0.25, 0.3) is 0 Å². The Bertz CT molecular complexity index is 410. The van der Waals surface area contributed by atoms with Crippen LogP contribution in [0.4, 0.5) is 11.6 Å². The second-order valence-electron chi connectivity index (χ2n) is 4.00. The van der Waals surface area contributed by atoms with E-state index in [1.165, 1.54) is 6.33 Å². The molecule has 1 aliphatic heterocycles. The van der Waals surface area contributed by atoms with Crippen LogP contribution in [0.1, 0.15) is 6.42 Å². The predicted octanol–water partition coefficient (Wildman–Crippen LogP) is -0.569. The zero-order valence-electron chi connectivity index (χ0n) is 9.76. The summed E-state index contributed by atoms with van der Waals surface area (Å²) in [5.74, 6) is 6.66. The molecule has 0 spiro atoms. The molecule has 7 nitrogen and oxygen atoms in total. The van der Waals surface area contributed by atoms with Crippen LogP contribution in [0.3, 0.4) is 0 Å². The molecule has 1 aromatic heterocycles. The molecule has 0 saturated carbocycles.